The zero-order valence-corrected chi connectivity index (χ0v) is 21.7. The highest BCUT2D eigenvalue weighted by molar-refractivity contribution is 5.94. The van der Waals surface area contributed by atoms with Gasteiger partial charge in [0.15, 0.2) is 24.4 Å². The fourth-order valence-electron chi connectivity index (χ4n) is 4.00. The van der Waals surface area contributed by atoms with E-state index >= 15 is 0 Å². The van der Waals surface area contributed by atoms with E-state index in [4.69, 9.17) is 17.2 Å². The molecule has 1 atom stereocenters. The van der Waals surface area contributed by atoms with E-state index in [0.717, 1.165) is 34.0 Å². The standard InChI is InChI=1S/C14H12N6.C8H9N5.C6H5NO.CH4/c15-13-18-12(10-6-3-4-8-16-10)20-11-7-2-1-5-9(11)17-14(20)19-13;9-7(10)13-8-11-5-3-1-2-4-6(5)12-8;8-5-6-3-1-2-4-7-6;/h1-8,12H,(H3,15,17,18,19);1-4H,(H5,9,10,11,12,13);1-5H;1H4. The van der Waals surface area contributed by atoms with Crippen molar-refractivity contribution in [3.05, 3.63) is 109 Å². The Morgan fingerprint density at radius 3 is 2.19 bits per heavy atom. The Kier molecular flexibility index (Phi) is 9.15. The minimum Gasteiger partial charge on any atom is -0.370 e. The molecule has 212 valence electrons. The Morgan fingerprint density at radius 1 is 0.857 bits per heavy atom. The van der Waals surface area contributed by atoms with Crippen molar-refractivity contribution in [2.24, 2.45) is 27.2 Å². The highest BCUT2D eigenvalue weighted by Crippen LogP contribution is 2.31. The first-order valence-corrected chi connectivity index (χ1v) is 12.4. The van der Waals surface area contributed by atoms with Crippen molar-refractivity contribution < 1.29 is 4.79 Å². The molecule has 42 heavy (non-hydrogen) atoms. The molecule has 5 heterocycles. The van der Waals surface area contributed by atoms with Crippen LogP contribution in [0.4, 0.5) is 11.9 Å². The van der Waals surface area contributed by atoms with Gasteiger partial charge in [-0.15, -0.1) is 0 Å². The molecule has 0 bridgehead atoms. The Hall–Kier alpha value is -6.11. The average molecular weight is 563 g/mol. The van der Waals surface area contributed by atoms with Crippen LogP contribution in [0.2, 0.25) is 0 Å². The monoisotopic (exact) mass is 562 g/mol. The SMILES string of the molecule is C.NC(N)=Nc1nc2ccccc2[nH]1.NC1=NC(c2ccccn2)n2c(nc3ccccc32)N1.O=Cc1ccccn1. The van der Waals surface area contributed by atoms with Crippen molar-refractivity contribution in [1.82, 2.24) is 29.5 Å². The number of guanidine groups is 2. The van der Waals surface area contributed by atoms with Crippen molar-refractivity contribution in [1.29, 1.82) is 0 Å². The van der Waals surface area contributed by atoms with Gasteiger partial charge in [-0.1, -0.05) is 43.8 Å². The maximum atomic E-state index is 9.94. The summed E-state index contributed by atoms with van der Waals surface area (Å²) in [5.41, 5.74) is 21.3. The maximum Gasteiger partial charge on any atom is 0.231 e. The van der Waals surface area contributed by atoms with Crippen molar-refractivity contribution >= 4 is 52.2 Å². The van der Waals surface area contributed by atoms with Crippen LogP contribution in [0, 0.1) is 0 Å². The van der Waals surface area contributed by atoms with Crippen LogP contribution in [0.3, 0.4) is 0 Å². The molecule has 1 unspecified atom stereocenters. The summed E-state index contributed by atoms with van der Waals surface area (Å²) in [5, 5.41) is 3.00. The van der Waals surface area contributed by atoms with E-state index in [-0.39, 0.29) is 19.6 Å². The summed E-state index contributed by atoms with van der Waals surface area (Å²) in [6.07, 6.45) is 3.77. The lowest BCUT2D eigenvalue weighted by Gasteiger charge is -2.22. The summed E-state index contributed by atoms with van der Waals surface area (Å²) in [7, 11) is 0. The molecule has 13 heteroatoms. The predicted molar refractivity (Wildman–Crippen MR) is 165 cm³/mol. The third-order valence-corrected chi connectivity index (χ3v) is 5.71. The molecule has 8 N–H and O–H groups in total. The molecule has 0 amide bonds. The third-order valence-electron chi connectivity index (χ3n) is 5.71. The second-order valence-electron chi connectivity index (χ2n) is 8.55. The van der Waals surface area contributed by atoms with Gasteiger partial charge in [0, 0.05) is 12.4 Å². The number of rotatable bonds is 3. The van der Waals surface area contributed by atoms with Crippen LogP contribution in [-0.2, 0) is 0 Å². The van der Waals surface area contributed by atoms with Gasteiger partial charge in [-0.2, -0.15) is 4.99 Å². The van der Waals surface area contributed by atoms with Gasteiger partial charge in [-0.25, -0.2) is 15.0 Å². The lowest BCUT2D eigenvalue weighted by Crippen LogP contribution is -2.31. The van der Waals surface area contributed by atoms with Crippen molar-refractivity contribution in [2.75, 3.05) is 5.32 Å². The molecule has 0 saturated carbocycles. The first-order chi connectivity index (χ1) is 20.0. The van der Waals surface area contributed by atoms with Crippen LogP contribution in [0.15, 0.2) is 107 Å². The van der Waals surface area contributed by atoms with Crippen LogP contribution < -0.4 is 22.5 Å². The zero-order chi connectivity index (χ0) is 28.6. The molecule has 7 rings (SSSR count). The number of anilines is 1. The summed E-state index contributed by atoms with van der Waals surface area (Å²) in [6.45, 7) is 0. The number of nitrogens with two attached hydrogens (primary N) is 3. The van der Waals surface area contributed by atoms with Crippen molar-refractivity contribution in [3.63, 3.8) is 0 Å². The molecular weight excluding hydrogens is 532 g/mol. The fourth-order valence-corrected chi connectivity index (χ4v) is 4.00. The van der Waals surface area contributed by atoms with Crippen molar-refractivity contribution in [3.8, 4) is 0 Å². The molecule has 0 radical (unpaired) electrons. The first-order valence-electron chi connectivity index (χ1n) is 12.4. The number of nitrogens with one attached hydrogen (secondary N) is 2. The van der Waals surface area contributed by atoms with E-state index < -0.39 is 0 Å². The van der Waals surface area contributed by atoms with Crippen LogP contribution in [0.1, 0.15) is 29.8 Å². The number of carbonyl (C=O) groups is 1. The number of imidazole rings is 2. The molecular formula is C29H30N12O. The number of benzene rings is 2. The van der Waals surface area contributed by atoms with Crippen molar-refractivity contribution in [2.45, 2.75) is 13.6 Å². The number of aldehydes is 1. The van der Waals surface area contributed by atoms with Gasteiger partial charge >= 0.3 is 0 Å². The van der Waals surface area contributed by atoms with E-state index in [2.05, 4.69) is 40.2 Å². The Balaban J connectivity index is 0.000000159. The van der Waals surface area contributed by atoms with Gasteiger partial charge in [0.1, 0.15) is 5.69 Å². The van der Waals surface area contributed by atoms with E-state index in [1.807, 2.05) is 71.3 Å². The molecule has 6 aromatic rings. The van der Waals surface area contributed by atoms with E-state index in [1.165, 1.54) is 0 Å². The molecule has 0 spiro atoms. The smallest absolute Gasteiger partial charge is 0.231 e. The minimum atomic E-state index is -0.292. The predicted octanol–water partition coefficient (Wildman–Crippen LogP) is 3.72. The Bertz CT molecular complexity index is 1790. The number of hydrogen-bond acceptors (Lipinski definition) is 9. The molecule has 1 aliphatic heterocycles. The topological polar surface area (TPSA) is 204 Å². The number of H-pyrrole nitrogens is 1. The number of carbonyl (C=O) groups excluding carboxylic acids is 1. The number of para-hydroxylation sites is 4. The second-order valence-corrected chi connectivity index (χ2v) is 8.55. The van der Waals surface area contributed by atoms with E-state index in [0.29, 0.717) is 23.6 Å². The van der Waals surface area contributed by atoms with Gasteiger partial charge in [-0.05, 0) is 48.5 Å². The number of aromatic nitrogens is 6. The quantitative estimate of drug-likeness (QED) is 0.121. The zero-order valence-electron chi connectivity index (χ0n) is 21.7. The molecule has 1 aliphatic rings. The highest BCUT2D eigenvalue weighted by Gasteiger charge is 2.25. The lowest BCUT2D eigenvalue weighted by molar-refractivity contribution is 0.111. The molecule has 0 aliphatic carbocycles. The lowest BCUT2D eigenvalue weighted by atomic mass is 10.2. The minimum absolute atomic E-state index is 0. The third kappa shape index (κ3) is 6.71. The molecule has 4 aromatic heterocycles. The maximum absolute atomic E-state index is 9.94. The molecule has 2 aromatic carbocycles. The summed E-state index contributed by atoms with van der Waals surface area (Å²) < 4.78 is 2.01. The molecule has 0 saturated heterocycles. The van der Waals surface area contributed by atoms with Gasteiger partial charge < -0.3 is 22.2 Å². The van der Waals surface area contributed by atoms with Crippen LogP contribution >= 0.6 is 0 Å². The second kappa shape index (κ2) is 13.3. The van der Waals surface area contributed by atoms with Gasteiger partial charge in [-0.3, -0.25) is 24.6 Å². The fraction of sp³-hybridized carbons (Fsp3) is 0.0690. The normalized spacial score (nSPS) is 13.0. The number of aromatic amines is 1. The number of nitrogens with zero attached hydrogens (tertiary/aromatic N) is 7. The van der Waals surface area contributed by atoms with Crippen LogP contribution in [-0.4, -0.2) is 47.7 Å². The number of hydrogen-bond donors (Lipinski definition) is 5. The average Bonchev–Trinajstić information content (AvgIpc) is 3.58. The number of fused-ring (bicyclic) bond motifs is 4. The van der Waals surface area contributed by atoms with E-state index in [9.17, 15) is 4.79 Å². The molecule has 0 fully saturated rings. The summed E-state index contributed by atoms with van der Waals surface area (Å²) in [6, 6.07) is 26.5. The van der Waals surface area contributed by atoms with E-state index in [1.54, 1.807) is 30.6 Å². The van der Waals surface area contributed by atoms with Gasteiger partial charge in [0.05, 0.1) is 27.8 Å². The highest BCUT2D eigenvalue weighted by atomic mass is 16.1. The molecule has 13 nitrogen and oxygen atoms in total. The Morgan fingerprint density at radius 2 is 1.55 bits per heavy atom. The van der Waals surface area contributed by atoms with Crippen LogP contribution in [0.25, 0.3) is 22.1 Å². The Labute approximate surface area is 241 Å². The number of aliphatic imine (C=N–C) groups is 2. The summed E-state index contributed by atoms with van der Waals surface area (Å²) in [4.78, 5) is 38.0. The first kappa shape index (κ1) is 28.9. The van der Waals surface area contributed by atoms with Gasteiger partial charge in [0.2, 0.25) is 11.9 Å². The van der Waals surface area contributed by atoms with Crippen LogP contribution in [0.5, 0.6) is 0 Å². The summed E-state index contributed by atoms with van der Waals surface area (Å²) >= 11 is 0. The van der Waals surface area contributed by atoms with Gasteiger partial charge in [0.25, 0.3) is 0 Å². The summed E-state index contributed by atoms with van der Waals surface area (Å²) in [5.74, 6) is 1.47. The largest absolute Gasteiger partial charge is 0.370 e. The number of pyridine rings is 2.